The molecule has 3 aromatic heterocycles. The van der Waals surface area contributed by atoms with Crippen molar-refractivity contribution >= 4 is 29.1 Å². The summed E-state index contributed by atoms with van der Waals surface area (Å²) in [6, 6.07) is 4.52. The minimum atomic E-state index is -0.388. The smallest absolute Gasteiger partial charge is 0.274 e. The molecule has 0 fully saturated rings. The molecule has 0 unspecified atom stereocenters. The van der Waals surface area contributed by atoms with E-state index in [0.717, 1.165) is 10.4 Å². The van der Waals surface area contributed by atoms with Gasteiger partial charge in [-0.1, -0.05) is 0 Å². The van der Waals surface area contributed by atoms with Gasteiger partial charge < -0.3 is 0 Å². The maximum atomic E-state index is 12.3. The molecule has 0 atom stereocenters. The third kappa shape index (κ3) is 2.49. The fourth-order valence-electron chi connectivity index (χ4n) is 2.53. The van der Waals surface area contributed by atoms with Gasteiger partial charge >= 0.3 is 0 Å². The number of amides is 1. The van der Waals surface area contributed by atoms with E-state index in [1.165, 1.54) is 29.3 Å². The van der Waals surface area contributed by atoms with Crippen molar-refractivity contribution < 1.29 is 9.59 Å². The summed E-state index contributed by atoms with van der Waals surface area (Å²) in [5, 5.41) is 6.95. The SMILES string of the molecule is CC(=O)N(c1cc(=O)n2[nH]c(C)cc2n1)c1cc(C)nn1C(C)=O. The number of hydrogen-bond donors (Lipinski definition) is 1. The Kier molecular flexibility index (Phi) is 3.55. The van der Waals surface area contributed by atoms with Gasteiger partial charge in [-0.05, 0) is 13.8 Å². The molecule has 0 spiro atoms. The second-order valence-corrected chi connectivity index (χ2v) is 5.51. The molecule has 0 saturated carbocycles. The number of carbonyl (C=O) groups is 2. The first-order chi connectivity index (χ1) is 11.3. The number of nitrogens with zero attached hydrogens (tertiary/aromatic N) is 5. The van der Waals surface area contributed by atoms with Crippen LogP contribution in [0, 0.1) is 13.8 Å². The van der Waals surface area contributed by atoms with Gasteiger partial charge in [0.05, 0.1) is 5.69 Å². The number of nitrogens with one attached hydrogen (secondary N) is 1. The zero-order valence-corrected chi connectivity index (χ0v) is 13.7. The molecule has 0 radical (unpaired) electrons. The summed E-state index contributed by atoms with van der Waals surface area (Å²) < 4.78 is 2.40. The van der Waals surface area contributed by atoms with E-state index >= 15 is 0 Å². The lowest BCUT2D eigenvalue weighted by Gasteiger charge is -2.19. The van der Waals surface area contributed by atoms with E-state index in [1.807, 2.05) is 0 Å². The van der Waals surface area contributed by atoms with Crippen LogP contribution in [0.3, 0.4) is 0 Å². The lowest BCUT2D eigenvalue weighted by atomic mass is 10.4. The van der Waals surface area contributed by atoms with Crippen molar-refractivity contribution in [1.29, 1.82) is 0 Å². The average molecular weight is 328 g/mol. The highest BCUT2D eigenvalue weighted by molar-refractivity contribution is 5.99. The topological polar surface area (TPSA) is 105 Å². The molecule has 0 saturated heterocycles. The van der Waals surface area contributed by atoms with Crippen molar-refractivity contribution in [2.24, 2.45) is 0 Å². The normalized spacial score (nSPS) is 11.0. The molecule has 24 heavy (non-hydrogen) atoms. The zero-order chi connectivity index (χ0) is 17.6. The van der Waals surface area contributed by atoms with Crippen LogP contribution in [0.25, 0.3) is 5.65 Å². The van der Waals surface area contributed by atoms with Crippen molar-refractivity contribution in [2.45, 2.75) is 27.7 Å². The highest BCUT2D eigenvalue weighted by Crippen LogP contribution is 2.24. The van der Waals surface area contributed by atoms with Crippen LogP contribution in [-0.2, 0) is 4.79 Å². The Morgan fingerprint density at radius 3 is 2.50 bits per heavy atom. The number of rotatable bonds is 2. The molecule has 1 amide bonds. The summed E-state index contributed by atoms with van der Waals surface area (Å²) in [5.74, 6) is -0.356. The van der Waals surface area contributed by atoms with Crippen molar-refractivity contribution in [3.63, 3.8) is 0 Å². The first-order valence-electron chi connectivity index (χ1n) is 7.25. The van der Waals surface area contributed by atoms with Gasteiger partial charge in [0.15, 0.2) is 5.65 Å². The van der Waals surface area contributed by atoms with Crippen LogP contribution in [0.1, 0.15) is 30.0 Å². The van der Waals surface area contributed by atoms with Crippen LogP contribution in [0.2, 0.25) is 0 Å². The van der Waals surface area contributed by atoms with Gasteiger partial charge in [-0.3, -0.25) is 19.5 Å². The molecule has 3 heterocycles. The van der Waals surface area contributed by atoms with Crippen LogP contribution < -0.4 is 10.5 Å². The average Bonchev–Trinajstić information content (AvgIpc) is 3.02. The van der Waals surface area contributed by atoms with Gasteiger partial charge in [0, 0.05) is 37.7 Å². The van der Waals surface area contributed by atoms with Gasteiger partial charge in [-0.15, -0.1) is 0 Å². The number of aromatic amines is 1. The largest absolute Gasteiger partial charge is 0.294 e. The first kappa shape index (κ1) is 15.7. The molecule has 0 aromatic carbocycles. The summed E-state index contributed by atoms with van der Waals surface area (Å²) in [4.78, 5) is 41.8. The van der Waals surface area contributed by atoms with E-state index in [2.05, 4.69) is 15.2 Å². The van der Waals surface area contributed by atoms with Gasteiger partial charge in [0.25, 0.3) is 5.56 Å². The minimum Gasteiger partial charge on any atom is -0.294 e. The van der Waals surface area contributed by atoms with Gasteiger partial charge in [0.2, 0.25) is 11.8 Å². The van der Waals surface area contributed by atoms with Crippen LogP contribution >= 0.6 is 0 Å². The van der Waals surface area contributed by atoms with Crippen LogP contribution in [0.4, 0.5) is 11.6 Å². The third-order valence-corrected chi connectivity index (χ3v) is 3.45. The zero-order valence-electron chi connectivity index (χ0n) is 13.7. The summed E-state index contributed by atoms with van der Waals surface area (Å²) in [6.07, 6.45) is 0. The molecule has 9 heteroatoms. The Labute approximate surface area is 136 Å². The quantitative estimate of drug-likeness (QED) is 0.760. The van der Waals surface area contributed by atoms with Crippen molar-refractivity contribution in [1.82, 2.24) is 24.4 Å². The van der Waals surface area contributed by atoms with Crippen molar-refractivity contribution in [2.75, 3.05) is 4.90 Å². The van der Waals surface area contributed by atoms with E-state index in [9.17, 15) is 14.4 Å². The Bertz CT molecular complexity index is 1030. The van der Waals surface area contributed by atoms with E-state index in [1.54, 1.807) is 26.0 Å². The number of H-pyrrole nitrogens is 1. The lowest BCUT2D eigenvalue weighted by molar-refractivity contribution is -0.115. The predicted octanol–water partition coefficient (Wildman–Crippen LogP) is 1.18. The van der Waals surface area contributed by atoms with Crippen LogP contribution in [0.15, 0.2) is 23.0 Å². The molecular formula is C15H16N6O3. The molecule has 9 nitrogen and oxygen atoms in total. The lowest BCUT2D eigenvalue weighted by Crippen LogP contribution is -2.29. The van der Waals surface area contributed by atoms with E-state index in [4.69, 9.17) is 0 Å². The third-order valence-electron chi connectivity index (χ3n) is 3.45. The Morgan fingerprint density at radius 2 is 1.88 bits per heavy atom. The Hall–Kier alpha value is -3.23. The Morgan fingerprint density at radius 1 is 1.17 bits per heavy atom. The number of aromatic nitrogens is 5. The maximum absolute atomic E-state index is 12.3. The minimum absolute atomic E-state index is 0.133. The van der Waals surface area contributed by atoms with E-state index in [-0.39, 0.29) is 29.0 Å². The molecule has 0 bridgehead atoms. The van der Waals surface area contributed by atoms with Gasteiger partial charge in [0.1, 0.15) is 11.6 Å². The van der Waals surface area contributed by atoms with E-state index in [0.29, 0.717) is 11.3 Å². The summed E-state index contributed by atoms with van der Waals surface area (Å²) >= 11 is 0. The number of carbonyl (C=O) groups excluding carboxylic acids is 2. The number of anilines is 2. The van der Waals surface area contributed by atoms with E-state index < -0.39 is 0 Å². The highest BCUT2D eigenvalue weighted by atomic mass is 16.2. The summed E-state index contributed by atoms with van der Waals surface area (Å²) in [7, 11) is 0. The predicted molar refractivity (Wildman–Crippen MR) is 86.6 cm³/mol. The maximum Gasteiger partial charge on any atom is 0.274 e. The van der Waals surface area contributed by atoms with Gasteiger partial charge in [-0.25, -0.2) is 14.4 Å². The van der Waals surface area contributed by atoms with Crippen molar-refractivity contribution in [3.05, 3.63) is 39.9 Å². The number of fused-ring (bicyclic) bond motifs is 1. The molecule has 3 aromatic rings. The monoisotopic (exact) mass is 328 g/mol. The molecule has 3 rings (SSSR count). The number of hydrogen-bond acceptors (Lipinski definition) is 5. The molecule has 0 aliphatic heterocycles. The Balaban J connectivity index is 2.25. The molecule has 124 valence electrons. The molecule has 1 N–H and O–H groups in total. The molecular weight excluding hydrogens is 312 g/mol. The second-order valence-electron chi connectivity index (χ2n) is 5.51. The van der Waals surface area contributed by atoms with Crippen molar-refractivity contribution in [3.8, 4) is 0 Å². The first-order valence-corrected chi connectivity index (χ1v) is 7.25. The number of aryl methyl sites for hydroxylation is 2. The van der Waals surface area contributed by atoms with Crippen LogP contribution in [-0.4, -0.2) is 36.2 Å². The fourth-order valence-corrected chi connectivity index (χ4v) is 2.53. The van der Waals surface area contributed by atoms with Crippen LogP contribution in [0.5, 0.6) is 0 Å². The fraction of sp³-hybridized carbons (Fsp3) is 0.267. The molecule has 0 aliphatic carbocycles. The summed E-state index contributed by atoms with van der Waals surface area (Å²) in [6.45, 7) is 6.18. The standard InChI is InChI=1S/C15H16N6O3/c1-8-5-13-16-12(7-15(24)21(13)18-8)19(10(3)22)14-6-9(2)17-20(14)11(4)23/h5-7,18H,1-4H3. The highest BCUT2D eigenvalue weighted by Gasteiger charge is 2.23. The summed E-state index contributed by atoms with van der Waals surface area (Å²) in [5.41, 5.74) is 1.35. The molecule has 0 aliphatic rings. The second kappa shape index (κ2) is 5.44. The van der Waals surface area contributed by atoms with Gasteiger partial charge in [-0.2, -0.15) is 9.78 Å².